The van der Waals surface area contributed by atoms with Crippen LogP contribution in [0.3, 0.4) is 0 Å². The zero-order valence-corrected chi connectivity index (χ0v) is 13.6. The van der Waals surface area contributed by atoms with E-state index in [0.29, 0.717) is 6.04 Å². The number of hydrogen-bond donors (Lipinski definition) is 1. The first-order valence-corrected chi connectivity index (χ1v) is 8.39. The van der Waals surface area contributed by atoms with Crippen LogP contribution in [-0.2, 0) is 11.3 Å². The van der Waals surface area contributed by atoms with Gasteiger partial charge in [0, 0.05) is 18.5 Å². The molecule has 0 spiro atoms. The molecule has 3 nitrogen and oxygen atoms in total. The van der Waals surface area contributed by atoms with E-state index in [1.807, 2.05) is 12.1 Å². The Kier molecular flexibility index (Phi) is 6.37. The maximum atomic E-state index is 12.9. The van der Waals surface area contributed by atoms with E-state index in [4.69, 9.17) is 0 Å². The Bertz CT molecular complexity index is 462. The van der Waals surface area contributed by atoms with Crippen molar-refractivity contribution >= 4 is 5.91 Å². The summed E-state index contributed by atoms with van der Waals surface area (Å²) < 4.78 is 12.9. The summed E-state index contributed by atoms with van der Waals surface area (Å²) in [5.74, 6) is 0.167. The number of amides is 1. The summed E-state index contributed by atoms with van der Waals surface area (Å²) in [6, 6.07) is 6.99. The minimum Gasteiger partial charge on any atom is -0.353 e. The molecule has 0 radical (unpaired) electrons. The summed E-state index contributed by atoms with van der Waals surface area (Å²) in [7, 11) is 0. The lowest BCUT2D eigenvalue weighted by atomic mass is 9.95. The molecule has 2 rings (SSSR count). The maximum absolute atomic E-state index is 12.9. The number of carbonyl (C=O) groups excluding carboxylic acids is 1. The molecule has 0 bridgehead atoms. The van der Waals surface area contributed by atoms with Gasteiger partial charge in [0.2, 0.25) is 5.91 Å². The lowest BCUT2D eigenvalue weighted by Crippen LogP contribution is -2.43. The van der Waals surface area contributed by atoms with Crippen LogP contribution in [0.1, 0.15) is 45.1 Å². The first kappa shape index (κ1) is 16.9. The first-order valence-electron chi connectivity index (χ1n) is 8.39. The second-order valence-electron chi connectivity index (χ2n) is 6.20. The van der Waals surface area contributed by atoms with Crippen LogP contribution in [0.5, 0.6) is 0 Å². The number of benzene rings is 1. The van der Waals surface area contributed by atoms with Crippen LogP contribution in [0, 0.1) is 11.7 Å². The van der Waals surface area contributed by atoms with Crippen LogP contribution in [-0.4, -0.2) is 29.9 Å². The molecule has 1 fully saturated rings. The molecule has 22 heavy (non-hydrogen) atoms. The zero-order chi connectivity index (χ0) is 15.9. The van der Waals surface area contributed by atoms with Crippen molar-refractivity contribution < 1.29 is 9.18 Å². The molecule has 1 N–H and O–H groups in total. The van der Waals surface area contributed by atoms with E-state index in [0.717, 1.165) is 50.9 Å². The first-order chi connectivity index (χ1) is 10.6. The van der Waals surface area contributed by atoms with Crippen LogP contribution in [0.2, 0.25) is 0 Å². The van der Waals surface area contributed by atoms with E-state index in [2.05, 4.69) is 24.1 Å². The number of piperidine rings is 1. The van der Waals surface area contributed by atoms with Crippen molar-refractivity contribution in [2.75, 3.05) is 13.1 Å². The van der Waals surface area contributed by atoms with E-state index in [9.17, 15) is 9.18 Å². The molecule has 122 valence electrons. The van der Waals surface area contributed by atoms with E-state index in [-0.39, 0.29) is 17.6 Å². The van der Waals surface area contributed by atoms with E-state index >= 15 is 0 Å². The molecule has 1 aliphatic heterocycles. The van der Waals surface area contributed by atoms with Crippen molar-refractivity contribution in [3.63, 3.8) is 0 Å². The molecule has 0 aliphatic carbocycles. The number of carbonyl (C=O) groups is 1. The summed E-state index contributed by atoms with van der Waals surface area (Å²) in [5, 5.41) is 3.16. The third-order valence-electron chi connectivity index (χ3n) is 4.61. The van der Waals surface area contributed by atoms with Gasteiger partial charge in [-0.25, -0.2) is 4.39 Å². The van der Waals surface area contributed by atoms with Crippen molar-refractivity contribution in [2.45, 2.75) is 52.1 Å². The second-order valence-corrected chi connectivity index (χ2v) is 6.20. The third-order valence-corrected chi connectivity index (χ3v) is 4.61. The van der Waals surface area contributed by atoms with Gasteiger partial charge in [0.1, 0.15) is 5.82 Å². The lowest BCUT2D eigenvalue weighted by molar-refractivity contribution is -0.127. The molecule has 4 heteroatoms. The SMILES string of the molecule is CCC(CC)NC(=O)C1CCN(Cc2ccc(F)cc2)CC1. The Morgan fingerprint density at radius 2 is 1.82 bits per heavy atom. The monoisotopic (exact) mass is 306 g/mol. The molecular weight excluding hydrogens is 279 g/mol. The lowest BCUT2D eigenvalue weighted by Gasteiger charge is -2.32. The van der Waals surface area contributed by atoms with Crippen molar-refractivity contribution in [3.05, 3.63) is 35.6 Å². The Balaban J connectivity index is 1.77. The predicted molar refractivity (Wildman–Crippen MR) is 86.9 cm³/mol. The van der Waals surface area contributed by atoms with Gasteiger partial charge in [-0.15, -0.1) is 0 Å². The number of nitrogens with one attached hydrogen (secondary N) is 1. The molecule has 0 atom stereocenters. The number of likely N-dealkylation sites (tertiary alicyclic amines) is 1. The van der Waals surface area contributed by atoms with Gasteiger partial charge in [-0.2, -0.15) is 0 Å². The predicted octanol–water partition coefficient (Wildman–Crippen LogP) is 3.34. The van der Waals surface area contributed by atoms with Gasteiger partial charge in [0.25, 0.3) is 0 Å². The summed E-state index contributed by atoms with van der Waals surface area (Å²) in [4.78, 5) is 14.6. The average molecular weight is 306 g/mol. The molecule has 1 heterocycles. The highest BCUT2D eigenvalue weighted by Crippen LogP contribution is 2.20. The van der Waals surface area contributed by atoms with Gasteiger partial charge in [-0.05, 0) is 56.5 Å². The van der Waals surface area contributed by atoms with Crippen molar-refractivity contribution in [3.8, 4) is 0 Å². The largest absolute Gasteiger partial charge is 0.353 e. The summed E-state index contributed by atoms with van der Waals surface area (Å²) >= 11 is 0. The topological polar surface area (TPSA) is 32.3 Å². The van der Waals surface area contributed by atoms with Gasteiger partial charge >= 0.3 is 0 Å². The normalized spacial score (nSPS) is 16.9. The summed E-state index contributed by atoms with van der Waals surface area (Å²) in [6.45, 7) is 6.91. The zero-order valence-electron chi connectivity index (χ0n) is 13.6. The second kappa shape index (κ2) is 8.28. The highest BCUT2D eigenvalue weighted by atomic mass is 19.1. The molecule has 0 unspecified atom stereocenters. The van der Waals surface area contributed by atoms with Crippen molar-refractivity contribution in [1.82, 2.24) is 10.2 Å². The molecule has 0 saturated carbocycles. The summed E-state index contributed by atoms with van der Waals surface area (Å²) in [6.07, 6.45) is 3.80. The van der Waals surface area contributed by atoms with Crippen molar-refractivity contribution in [2.24, 2.45) is 5.92 Å². The Labute approximate surface area is 132 Å². The number of nitrogens with zero attached hydrogens (tertiary/aromatic N) is 1. The minimum absolute atomic E-state index is 0.144. The maximum Gasteiger partial charge on any atom is 0.223 e. The Hall–Kier alpha value is -1.42. The Morgan fingerprint density at radius 3 is 2.36 bits per heavy atom. The Morgan fingerprint density at radius 1 is 1.23 bits per heavy atom. The van der Waals surface area contributed by atoms with Crippen LogP contribution >= 0.6 is 0 Å². The minimum atomic E-state index is -0.194. The van der Waals surface area contributed by atoms with E-state index in [1.165, 1.54) is 12.1 Å². The molecule has 1 amide bonds. The quantitative estimate of drug-likeness (QED) is 0.874. The summed E-state index contributed by atoms with van der Waals surface area (Å²) in [5.41, 5.74) is 1.13. The van der Waals surface area contributed by atoms with Crippen LogP contribution < -0.4 is 5.32 Å². The molecule has 1 aromatic carbocycles. The van der Waals surface area contributed by atoms with Gasteiger partial charge in [-0.3, -0.25) is 9.69 Å². The van der Waals surface area contributed by atoms with E-state index < -0.39 is 0 Å². The fourth-order valence-corrected chi connectivity index (χ4v) is 3.01. The van der Waals surface area contributed by atoms with Gasteiger partial charge in [-0.1, -0.05) is 26.0 Å². The molecular formula is C18H27FN2O. The number of hydrogen-bond acceptors (Lipinski definition) is 2. The standard InChI is InChI=1S/C18H27FN2O/c1-3-17(4-2)20-18(22)15-9-11-21(12-10-15)13-14-5-7-16(19)8-6-14/h5-8,15,17H,3-4,9-13H2,1-2H3,(H,20,22). The van der Waals surface area contributed by atoms with Gasteiger partial charge < -0.3 is 5.32 Å². The van der Waals surface area contributed by atoms with Crippen molar-refractivity contribution in [1.29, 1.82) is 0 Å². The third kappa shape index (κ3) is 4.80. The van der Waals surface area contributed by atoms with Crippen LogP contribution in [0.15, 0.2) is 24.3 Å². The highest BCUT2D eigenvalue weighted by molar-refractivity contribution is 5.79. The van der Waals surface area contributed by atoms with Crippen LogP contribution in [0.4, 0.5) is 4.39 Å². The fraction of sp³-hybridized carbons (Fsp3) is 0.611. The smallest absolute Gasteiger partial charge is 0.223 e. The average Bonchev–Trinajstić information content (AvgIpc) is 2.55. The van der Waals surface area contributed by atoms with E-state index in [1.54, 1.807) is 0 Å². The van der Waals surface area contributed by atoms with Gasteiger partial charge in [0.05, 0.1) is 0 Å². The fourth-order valence-electron chi connectivity index (χ4n) is 3.01. The van der Waals surface area contributed by atoms with Crippen LogP contribution in [0.25, 0.3) is 0 Å². The molecule has 1 aromatic rings. The molecule has 0 aromatic heterocycles. The molecule has 1 aliphatic rings. The number of rotatable bonds is 6. The number of halogens is 1. The molecule has 1 saturated heterocycles. The van der Waals surface area contributed by atoms with Gasteiger partial charge in [0.15, 0.2) is 0 Å². The highest BCUT2D eigenvalue weighted by Gasteiger charge is 2.25.